The summed E-state index contributed by atoms with van der Waals surface area (Å²) in [6, 6.07) is 6.75. The first-order chi connectivity index (χ1) is 8.01. The topological polar surface area (TPSA) is 67.4 Å². The molecule has 0 bridgehead atoms. The summed E-state index contributed by atoms with van der Waals surface area (Å²) < 4.78 is 31.6. The lowest BCUT2D eigenvalue weighted by molar-refractivity contribution is 0.122. The van der Waals surface area contributed by atoms with E-state index in [-0.39, 0.29) is 17.5 Å². The van der Waals surface area contributed by atoms with Gasteiger partial charge >= 0.3 is 0 Å². The number of para-hydroxylation sites is 1. The van der Waals surface area contributed by atoms with Crippen LogP contribution in [0.2, 0.25) is 0 Å². The lowest BCUT2D eigenvalue weighted by atomic mass is 10.3. The Bertz CT molecular complexity index is 460. The Hall–Kier alpha value is -1.11. The molecule has 0 heterocycles. The molecule has 17 heavy (non-hydrogen) atoms. The number of nitrogens with one attached hydrogen (secondary N) is 2. The molecule has 0 spiro atoms. The van der Waals surface area contributed by atoms with Crippen molar-refractivity contribution in [3.8, 4) is 0 Å². The van der Waals surface area contributed by atoms with E-state index in [1.807, 2.05) is 0 Å². The van der Waals surface area contributed by atoms with E-state index >= 15 is 0 Å². The second-order valence-corrected chi connectivity index (χ2v) is 5.38. The third-order valence-electron chi connectivity index (χ3n) is 2.41. The number of methoxy groups -OCH3 is 1. The van der Waals surface area contributed by atoms with Gasteiger partial charge in [0.25, 0.3) is 0 Å². The summed E-state index contributed by atoms with van der Waals surface area (Å²) in [6.07, 6.45) is -0.161. The van der Waals surface area contributed by atoms with E-state index in [2.05, 4.69) is 10.0 Å². The van der Waals surface area contributed by atoms with E-state index in [0.29, 0.717) is 5.69 Å². The largest absolute Gasteiger partial charge is 0.387 e. The van der Waals surface area contributed by atoms with Gasteiger partial charge in [-0.25, -0.2) is 13.1 Å². The molecule has 0 amide bonds. The molecule has 1 aromatic rings. The lowest BCUT2D eigenvalue weighted by Crippen LogP contribution is -2.32. The van der Waals surface area contributed by atoms with Crippen LogP contribution in [0.4, 0.5) is 5.69 Å². The second kappa shape index (κ2) is 6.00. The highest BCUT2D eigenvalue weighted by molar-refractivity contribution is 7.89. The molecule has 0 saturated heterocycles. The maximum Gasteiger partial charge on any atom is 0.242 e. The summed E-state index contributed by atoms with van der Waals surface area (Å²) in [4.78, 5) is 0.241. The predicted octanol–water partition coefficient (Wildman–Crippen LogP) is 1.04. The van der Waals surface area contributed by atoms with E-state index in [1.165, 1.54) is 0 Å². The first-order valence-corrected chi connectivity index (χ1v) is 6.79. The van der Waals surface area contributed by atoms with Gasteiger partial charge in [0.05, 0.1) is 11.8 Å². The van der Waals surface area contributed by atoms with Crippen molar-refractivity contribution in [1.29, 1.82) is 0 Å². The smallest absolute Gasteiger partial charge is 0.242 e. The van der Waals surface area contributed by atoms with Gasteiger partial charge in [0.2, 0.25) is 10.0 Å². The highest BCUT2D eigenvalue weighted by atomic mass is 32.2. The minimum Gasteiger partial charge on any atom is -0.387 e. The fourth-order valence-corrected chi connectivity index (χ4v) is 2.62. The van der Waals surface area contributed by atoms with Crippen LogP contribution in [0.1, 0.15) is 6.92 Å². The SMILES string of the molecule is CNc1ccccc1S(=O)(=O)NCC(C)OC. The van der Waals surface area contributed by atoms with E-state index in [9.17, 15) is 8.42 Å². The van der Waals surface area contributed by atoms with Gasteiger partial charge in [-0.15, -0.1) is 0 Å². The molecule has 1 unspecified atom stereocenters. The molecule has 0 saturated carbocycles. The van der Waals surface area contributed by atoms with E-state index in [0.717, 1.165) is 0 Å². The Morgan fingerprint density at radius 2 is 2.00 bits per heavy atom. The Morgan fingerprint density at radius 1 is 1.35 bits per heavy atom. The maximum absolute atomic E-state index is 12.0. The van der Waals surface area contributed by atoms with Gasteiger partial charge in [-0.3, -0.25) is 0 Å². The Balaban J connectivity index is 2.89. The molecule has 96 valence electrons. The van der Waals surface area contributed by atoms with Gasteiger partial charge < -0.3 is 10.1 Å². The predicted molar refractivity (Wildman–Crippen MR) is 67.6 cm³/mol. The van der Waals surface area contributed by atoms with E-state index < -0.39 is 10.0 Å². The van der Waals surface area contributed by atoms with Crippen LogP contribution >= 0.6 is 0 Å². The molecule has 0 radical (unpaired) electrons. The standard InChI is InChI=1S/C11H18N2O3S/c1-9(16-3)8-13-17(14,15)11-7-5-4-6-10(11)12-2/h4-7,9,12-13H,8H2,1-3H3. The summed E-state index contributed by atoms with van der Waals surface area (Å²) in [6.45, 7) is 2.05. The lowest BCUT2D eigenvalue weighted by Gasteiger charge is -2.13. The average Bonchev–Trinajstić information content (AvgIpc) is 2.35. The molecule has 5 nitrogen and oxygen atoms in total. The van der Waals surface area contributed by atoms with Crippen LogP contribution < -0.4 is 10.0 Å². The van der Waals surface area contributed by atoms with Crippen LogP contribution in [0, 0.1) is 0 Å². The number of anilines is 1. The molecule has 2 N–H and O–H groups in total. The number of hydrogen-bond acceptors (Lipinski definition) is 4. The van der Waals surface area contributed by atoms with Crippen LogP contribution in [0.15, 0.2) is 29.2 Å². The minimum atomic E-state index is -3.50. The highest BCUT2D eigenvalue weighted by Gasteiger charge is 2.18. The zero-order chi connectivity index (χ0) is 12.9. The molecule has 1 aromatic carbocycles. The fourth-order valence-electron chi connectivity index (χ4n) is 1.30. The summed E-state index contributed by atoms with van der Waals surface area (Å²) in [5.74, 6) is 0. The second-order valence-electron chi connectivity index (χ2n) is 3.64. The monoisotopic (exact) mass is 258 g/mol. The zero-order valence-corrected chi connectivity index (χ0v) is 11.0. The van der Waals surface area contributed by atoms with Crippen molar-refractivity contribution in [3.63, 3.8) is 0 Å². The van der Waals surface area contributed by atoms with Crippen molar-refractivity contribution in [2.45, 2.75) is 17.9 Å². The average molecular weight is 258 g/mol. The van der Waals surface area contributed by atoms with Gasteiger partial charge in [0.1, 0.15) is 4.90 Å². The van der Waals surface area contributed by atoms with Crippen molar-refractivity contribution in [1.82, 2.24) is 4.72 Å². The normalized spacial score (nSPS) is 13.4. The molecule has 0 aliphatic heterocycles. The third kappa shape index (κ3) is 3.69. The summed E-state index contributed by atoms with van der Waals surface area (Å²) >= 11 is 0. The molecule has 1 rings (SSSR count). The number of ether oxygens (including phenoxy) is 1. The van der Waals surface area contributed by atoms with Crippen LogP contribution in [0.25, 0.3) is 0 Å². The molecular weight excluding hydrogens is 240 g/mol. The van der Waals surface area contributed by atoms with Crippen molar-refractivity contribution < 1.29 is 13.2 Å². The first kappa shape index (κ1) is 14.0. The maximum atomic E-state index is 12.0. The van der Waals surface area contributed by atoms with E-state index in [4.69, 9.17) is 4.74 Å². The number of hydrogen-bond donors (Lipinski definition) is 2. The molecule has 0 fully saturated rings. The van der Waals surface area contributed by atoms with Gasteiger partial charge in [0, 0.05) is 20.7 Å². The Labute approximate surface area is 102 Å². The number of rotatable bonds is 6. The quantitative estimate of drug-likeness (QED) is 0.800. The molecule has 0 aromatic heterocycles. The van der Waals surface area contributed by atoms with Gasteiger partial charge in [-0.1, -0.05) is 12.1 Å². The third-order valence-corrected chi connectivity index (χ3v) is 3.89. The summed E-state index contributed by atoms with van der Waals surface area (Å²) in [5, 5.41) is 2.85. The van der Waals surface area contributed by atoms with Crippen LogP contribution in [-0.2, 0) is 14.8 Å². The van der Waals surface area contributed by atoms with Crippen molar-refractivity contribution in [2.24, 2.45) is 0 Å². The Morgan fingerprint density at radius 3 is 2.59 bits per heavy atom. The minimum absolute atomic E-state index is 0.161. The van der Waals surface area contributed by atoms with Crippen molar-refractivity contribution >= 4 is 15.7 Å². The van der Waals surface area contributed by atoms with E-state index in [1.54, 1.807) is 45.3 Å². The molecule has 0 aliphatic rings. The van der Waals surface area contributed by atoms with Gasteiger partial charge in [-0.05, 0) is 19.1 Å². The molecule has 0 aliphatic carbocycles. The Kier molecular flexibility index (Phi) is 4.92. The van der Waals surface area contributed by atoms with Crippen molar-refractivity contribution in [2.75, 3.05) is 26.0 Å². The highest BCUT2D eigenvalue weighted by Crippen LogP contribution is 2.19. The van der Waals surface area contributed by atoms with Crippen LogP contribution in [-0.4, -0.2) is 35.2 Å². The summed E-state index contributed by atoms with van der Waals surface area (Å²) in [5.41, 5.74) is 0.574. The number of sulfonamides is 1. The fraction of sp³-hybridized carbons (Fsp3) is 0.455. The van der Waals surface area contributed by atoms with Crippen LogP contribution in [0.3, 0.4) is 0 Å². The molecule has 1 atom stereocenters. The molecule has 6 heteroatoms. The zero-order valence-electron chi connectivity index (χ0n) is 10.2. The summed E-state index contributed by atoms with van der Waals surface area (Å²) in [7, 11) is -0.272. The van der Waals surface area contributed by atoms with Gasteiger partial charge in [0.15, 0.2) is 0 Å². The van der Waals surface area contributed by atoms with Gasteiger partial charge in [-0.2, -0.15) is 0 Å². The van der Waals surface area contributed by atoms with Crippen molar-refractivity contribution in [3.05, 3.63) is 24.3 Å². The molecular formula is C11H18N2O3S. The first-order valence-electron chi connectivity index (χ1n) is 5.30. The number of benzene rings is 1. The van der Waals surface area contributed by atoms with Crippen LogP contribution in [0.5, 0.6) is 0 Å².